The van der Waals surface area contributed by atoms with Crippen molar-refractivity contribution >= 4 is 32.0 Å². The quantitative estimate of drug-likeness (QED) is 0.812. The Morgan fingerprint density at radius 3 is 2.24 bits per heavy atom. The third-order valence-electron chi connectivity index (χ3n) is 2.22. The maximum atomic E-state index is 5.17. The molecule has 0 saturated carbocycles. The fraction of sp³-hybridized carbons (Fsp3) is 0. The van der Waals surface area contributed by atoms with Gasteiger partial charge in [0.05, 0.1) is 0 Å². The minimum absolute atomic E-state index is 0.242. The molecule has 1 aromatic carbocycles. The van der Waals surface area contributed by atoms with E-state index in [1.807, 2.05) is 24.3 Å². The lowest BCUT2D eigenvalue weighted by molar-refractivity contribution is 0.543. The van der Waals surface area contributed by atoms with Gasteiger partial charge in [-0.3, -0.25) is 0 Å². The predicted molar refractivity (Wildman–Crippen MR) is 70.1 cm³/mol. The molecule has 1 heterocycles. The standard InChI is InChI=1S/C11H6B2BrNO2/c12-16-10-6-5-9(11(15-10)17-13)7-1-3-8(14)4-2-7/h1-6H. The van der Waals surface area contributed by atoms with E-state index in [0.29, 0.717) is 0 Å². The summed E-state index contributed by atoms with van der Waals surface area (Å²) in [5.41, 5.74) is 1.70. The number of aromatic nitrogens is 1. The number of halogens is 1. The first kappa shape index (κ1) is 12.0. The molecule has 0 aliphatic heterocycles. The lowest BCUT2D eigenvalue weighted by Gasteiger charge is -2.10. The van der Waals surface area contributed by atoms with Crippen LogP contribution in [0.1, 0.15) is 0 Å². The van der Waals surface area contributed by atoms with Gasteiger partial charge in [-0.2, -0.15) is 4.98 Å². The number of hydrogen-bond donors (Lipinski definition) is 0. The Balaban J connectivity index is 2.47. The van der Waals surface area contributed by atoms with Crippen molar-refractivity contribution in [1.82, 2.24) is 4.98 Å². The van der Waals surface area contributed by atoms with Crippen LogP contribution in [0.25, 0.3) is 11.1 Å². The Morgan fingerprint density at radius 2 is 1.65 bits per heavy atom. The van der Waals surface area contributed by atoms with Crippen molar-refractivity contribution in [2.75, 3.05) is 0 Å². The molecule has 0 bridgehead atoms. The van der Waals surface area contributed by atoms with E-state index in [1.165, 1.54) is 0 Å². The number of benzene rings is 1. The van der Waals surface area contributed by atoms with Gasteiger partial charge in [0.15, 0.2) is 5.88 Å². The molecule has 4 radical (unpaired) electrons. The van der Waals surface area contributed by atoms with E-state index >= 15 is 0 Å². The Bertz CT molecular complexity index is 519. The van der Waals surface area contributed by atoms with Crippen LogP contribution in [0.2, 0.25) is 0 Å². The van der Waals surface area contributed by atoms with Crippen molar-refractivity contribution < 1.29 is 9.31 Å². The number of pyridine rings is 1. The highest BCUT2D eigenvalue weighted by atomic mass is 79.9. The van der Waals surface area contributed by atoms with Crippen molar-refractivity contribution in [3.05, 3.63) is 40.9 Å². The van der Waals surface area contributed by atoms with Gasteiger partial charge in [0, 0.05) is 10.0 Å². The zero-order valence-corrected chi connectivity index (χ0v) is 10.3. The zero-order chi connectivity index (χ0) is 12.3. The molecule has 2 rings (SSSR count). The maximum Gasteiger partial charge on any atom is 0.376 e. The molecule has 0 aliphatic carbocycles. The van der Waals surface area contributed by atoms with Gasteiger partial charge in [-0.05, 0) is 29.8 Å². The number of nitrogens with zero attached hydrogens (tertiary/aromatic N) is 1. The molecule has 0 amide bonds. The molecule has 6 heteroatoms. The highest BCUT2D eigenvalue weighted by Gasteiger charge is 2.08. The summed E-state index contributed by atoms with van der Waals surface area (Å²) in [6.07, 6.45) is 0. The predicted octanol–water partition coefficient (Wildman–Crippen LogP) is 2.44. The first-order chi connectivity index (χ1) is 8.24. The lowest BCUT2D eigenvalue weighted by Crippen LogP contribution is -1.96. The van der Waals surface area contributed by atoms with Crippen molar-refractivity contribution in [3.8, 4) is 22.9 Å². The average Bonchev–Trinajstić information content (AvgIpc) is 2.39. The van der Waals surface area contributed by atoms with Crippen LogP contribution in [-0.4, -0.2) is 21.1 Å². The summed E-state index contributed by atoms with van der Waals surface area (Å²) in [6, 6.07) is 11.1. The summed E-state index contributed by atoms with van der Waals surface area (Å²) in [6.45, 7) is 0. The summed E-state index contributed by atoms with van der Waals surface area (Å²) >= 11 is 3.37. The highest BCUT2D eigenvalue weighted by molar-refractivity contribution is 9.10. The van der Waals surface area contributed by atoms with E-state index in [1.54, 1.807) is 12.1 Å². The van der Waals surface area contributed by atoms with E-state index in [-0.39, 0.29) is 11.8 Å². The van der Waals surface area contributed by atoms with E-state index in [0.717, 1.165) is 15.6 Å². The average molecular weight is 286 g/mol. The van der Waals surface area contributed by atoms with E-state index < -0.39 is 0 Å². The molecule has 0 N–H and O–H groups in total. The maximum absolute atomic E-state index is 5.17. The molecular weight excluding hydrogens is 280 g/mol. The molecule has 2 aromatic rings. The normalized spacial score (nSPS) is 9.94. The minimum Gasteiger partial charge on any atom is -0.555 e. The van der Waals surface area contributed by atoms with Gasteiger partial charge in [-0.15, -0.1) is 0 Å². The minimum atomic E-state index is 0.242. The SMILES string of the molecule is [B]Oc1ccc(-c2ccc(Br)cc2)c(O[B])n1. The topological polar surface area (TPSA) is 31.4 Å². The van der Waals surface area contributed by atoms with Crippen LogP contribution >= 0.6 is 15.9 Å². The van der Waals surface area contributed by atoms with E-state index in [2.05, 4.69) is 25.6 Å². The van der Waals surface area contributed by atoms with Crippen LogP contribution in [0.4, 0.5) is 0 Å². The molecule has 0 atom stereocenters. The van der Waals surface area contributed by atoms with Crippen molar-refractivity contribution in [3.63, 3.8) is 0 Å². The third kappa shape index (κ3) is 2.64. The Hall–Kier alpha value is -1.42. The third-order valence-corrected chi connectivity index (χ3v) is 2.75. The van der Waals surface area contributed by atoms with Crippen LogP contribution in [0.5, 0.6) is 11.8 Å². The Kier molecular flexibility index (Phi) is 3.74. The molecule has 0 fully saturated rings. The number of rotatable bonds is 3. The smallest absolute Gasteiger partial charge is 0.376 e. The molecule has 0 saturated heterocycles. The highest BCUT2D eigenvalue weighted by Crippen LogP contribution is 2.30. The monoisotopic (exact) mass is 285 g/mol. The summed E-state index contributed by atoms with van der Waals surface area (Å²) in [5, 5.41) is 0. The van der Waals surface area contributed by atoms with Crippen LogP contribution < -0.4 is 9.31 Å². The van der Waals surface area contributed by atoms with E-state index in [9.17, 15) is 0 Å². The fourth-order valence-corrected chi connectivity index (χ4v) is 1.69. The molecule has 0 aliphatic rings. The van der Waals surface area contributed by atoms with Crippen molar-refractivity contribution in [1.29, 1.82) is 0 Å². The second kappa shape index (κ2) is 5.27. The van der Waals surface area contributed by atoms with Gasteiger partial charge in [-0.25, -0.2) is 0 Å². The van der Waals surface area contributed by atoms with Crippen molar-refractivity contribution in [2.45, 2.75) is 0 Å². The molecule has 0 spiro atoms. The number of hydrogen-bond acceptors (Lipinski definition) is 3. The summed E-state index contributed by atoms with van der Waals surface area (Å²) in [7, 11) is 10.2. The second-order valence-electron chi connectivity index (χ2n) is 3.24. The summed E-state index contributed by atoms with van der Waals surface area (Å²) in [4.78, 5) is 4.00. The zero-order valence-electron chi connectivity index (χ0n) is 8.76. The van der Waals surface area contributed by atoms with Crippen molar-refractivity contribution in [2.24, 2.45) is 0 Å². The van der Waals surface area contributed by atoms with Gasteiger partial charge in [0.25, 0.3) is 0 Å². The second-order valence-corrected chi connectivity index (χ2v) is 4.16. The van der Waals surface area contributed by atoms with E-state index in [4.69, 9.17) is 20.8 Å². The van der Waals surface area contributed by atoms with Crippen LogP contribution in [0.15, 0.2) is 40.9 Å². The van der Waals surface area contributed by atoms with Gasteiger partial charge in [-0.1, -0.05) is 28.1 Å². The Labute approximate surface area is 110 Å². The molecular formula is C11H6B2BrNO2. The van der Waals surface area contributed by atoms with Gasteiger partial charge in [0.1, 0.15) is 0 Å². The van der Waals surface area contributed by atoms with Crippen LogP contribution in [-0.2, 0) is 0 Å². The van der Waals surface area contributed by atoms with Crippen LogP contribution in [0.3, 0.4) is 0 Å². The molecule has 17 heavy (non-hydrogen) atoms. The first-order valence-corrected chi connectivity index (χ1v) is 5.54. The van der Waals surface area contributed by atoms with Gasteiger partial charge in [0.2, 0.25) is 5.88 Å². The summed E-state index contributed by atoms with van der Waals surface area (Å²) in [5.74, 6) is 0.501. The molecule has 3 nitrogen and oxygen atoms in total. The Morgan fingerprint density at radius 1 is 0.941 bits per heavy atom. The summed E-state index contributed by atoms with van der Waals surface area (Å²) < 4.78 is 10.2. The molecule has 80 valence electrons. The van der Waals surface area contributed by atoms with Gasteiger partial charge < -0.3 is 9.31 Å². The fourth-order valence-electron chi connectivity index (χ4n) is 1.43. The largest absolute Gasteiger partial charge is 0.555 e. The van der Waals surface area contributed by atoms with Gasteiger partial charge >= 0.3 is 16.1 Å². The first-order valence-electron chi connectivity index (χ1n) is 4.75. The van der Waals surface area contributed by atoms with Crippen LogP contribution in [0, 0.1) is 0 Å². The lowest BCUT2D eigenvalue weighted by atomic mass is 10.1. The molecule has 1 aromatic heterocycles. The molecule has 0 unspecified atom stereocenters.